The van der Waals surface area contributed by atoms with Gasteiger partial charge in [-0.05, 0) is 27.7 Å². The molecule has 0 radical (unpaired) electrons. The van der Waals surface area contributed by atoms with Crippen LogP contribution in [0.1, 0.15) is 22.8 Å². The Morgan fingerprint density at radius 3 is 1.37 bits per heavy atom. The summed E-state index contributed by atoms with van der Waals surface area (Å²) in [7, 11) is 0. The smallest absolute Gasteiger partial charge is 0.320 e. The number of hydrogen-bond acceptors (Lipinski definition) is 7. The quantitative estimate of drug-likeness (QED) is 0.743. The maximum atomic E-state index is 13.0. The summed E-state index contributed by atoms with van der Waals surface area (Å²) in [6, 6.07) is 0.132. The Bertz CT molecular complexity index is 844. The number of rotatable bonds is 2. The van der Waals surface area contributed by atoms with E-state index in [0.29, 0.717) is 26.2 Å². The van der Waals surface area contributed by atoms with Gasteiger partial charge in [-0.1, -0.05) is 0 Å². The molecule has 2 amide bonds. The van der Waals surface area contributed by atoms with Crippen LogP contribution in [0, 0.1) is 27.7 Å². The van der Waals surface area contributed by atoms with E-state index in [9.17, 15) is 4.79 Å². The van der Waals surface area contributed by atoms with Gasteiger partial charge in [-0.25, -0.2) is 14.8 Å². The van der Waals surface area contributed by atoms with Gasteiger partial charge in [0.1, 0.15) is 11.6 Å². The number of nitrogens with zero attached hydrogens (tertiary/aromatic N) is 8. The topological polar surface area (TPSA) is 81.6 Å². The first-order valence-electron chi connectivity index (χ1n) is 10.6. The summed E-state index contributed by atoms with van der Waals surface area (Å²) in [6.07, 6.45) is 3.61. The van der Waals surface area contributed by atoms with Crippen LogP contribution in [0.15, 0.2) is 12.4 Å². The fraction of sp³-hybridized carbons (Fsp3) is 0.571. The summed E-state index contributed by atoms with van der Waals surface area (Å²) < 4.78 is 0. The molecule has 2 saturated heterocycles. The lowest BCUT2D eigenvalue weighted by atomic mass is 10.2. The monoisotopic (exact) mass is 410 g/mol. The van der Waals surface area contributed by atoms with E-state index in [1.54, 1.807) is 12.4 Å². The first-order valence-corrected chi connectivity index (χ1v) is 10.6. The molecule has 4 heterocycles. The molecule has 2 aromatic rings. The molecule has 0 aliphatic carbocycles. The van der Waals surface area contributed by atoms with E-state index in [2.05, 4.69) is 29.7 Å². The number of aromatic nitrogens is 4. The van der Waals surface area contributed by atoms with Crippen LogP contribution < -0.4 is 9.80 Å². The van der Waals surface area contributed by atoms with Crippen LogP contribution in [-0.2, 0) is 0 Å². The van der Waals surface area contributed by atoms with Crippen molar-refractivity contribution in [2.75, 3.05) is 62.2 Å². The molecule has 0 spiro atoms. The van der Waals surface area contributed by atoms with Crippen LogP contribution in [0.5, 0.6) is 0 Å². The molecule has 30 heavy (non-hydrogen) atoms. The molecule has 2 fully saturated rings. The highest BCUT2D eigenvalue weighted by Crippen LogP contribution is 2.20. The molecule has 9 heteroatoms. The number of carbonyl (C=O) groups is 1. The van der Waals surface area contributed by atoms with E-state index in [4.69, 9.17) is 0 Å². The maximum absolute atomic E-state index is 13.0. The van der Waals surface area contributed by atoms with E-state index in [1.807, 2.05) is 37.5 Å². The minimum absolute atomic E-state index is 0.132. The van der Waals surface area contributed by atoms with E-state index in [-0.39, 0.29) is 6.03 Å². The Kier molecular flexibility index (Phi) is 5.69. The predicted molar refractivity (Wildman–Crippen MR) is 116 cm³/mol. The van der Waals surface area contributed by atoms with Gasteiger partial charge in [0.2, 0.25) is 0 Å². The molecule has 0 unspecified atom stereocenters. The van der Waals surface area contributed by atoms with Crippen LogP contribution in [0.3, 0.4) is 0 Å². The molecular formula is C21H30N8O. The van der Waals surface area contributed by atoms with Crippen molar-refractivity contribution >= 4 is 17.7 Å². The number of piperazine rings is 2. The zero-order chi connectivity index (χ0) is 21.3. The Morgan fingerprint density at radius 1 is 0.667 bits per heavy atom. The number of anilines is 2. The van der Waals surface area contributed by atoms with Gasteiger partial charge in [-0.2, -0.15) is 0 Å². The van der Waals surface area contributed by atoms with Crippen molar-refractivity contribution in [1.82, 2.24) is 29.7 Å². The van der Waals surface area contributed by atoms with Crippen molar-refractivity contribution in [2.45, 2.75) is 27.7 Å². The molecule has 4 rings (SSSR count). The first kappa shape index (κ1) is 20.3. The summed E-state index contributed by atoms with van der Waals surface area (Å²) in [5, 5.41) is 0. The average molecular weight is 411 g/mol. The molecular weight excluding hydrogens is 380 g/mol. The number of carbonyl (C=O) groups excluding carboxylic acids is 1. The Labute approximate surface area is 177 Å². The summed E-state index contributed by atoms with van der Waals surface area (Å²) in [5.74, 6) is 1.85. The fourth-order valence-electron chi connectivity index (χ4n) is 4.22. The van der Waals surface area contributed by atoms with Gasteiger partial charge in [-0.15, -0.1) is 0 Å². The van der Waals surface area contributed by atoms with Crippen LogP contribution >= 0.6 is 0 Å². The maximum Gasteiger partial charge on any atom is 0.320 e. The molecule has 9 nitrogen and oxygen atoms in total. The SMILES string of the molecule is Cc1cnc(N2CCN(C(=O)N3CCN(c4ncc(C)nc4C)CC3)CC2)c(C)n1. The summed E-state index contributed by atoms with van der Waals surface area (Å²) >= 11 is 0. The second-order valence-electron chi connectivity index (χ2n) is 8.07. The molecule has 0 aromatic carbocycles. The van der Waals surface area contributed by atoms with E-state index < -0.39 is 0 Å². The number of amides is 2. The highest BCUT2D eigenvalue weighted by molar-refractivity contribution is 5.75. The van der Waals surface area contributed by atoms with Crippen LogP contribution in [-0.4, -0.2) is 88.1 Å². The van der Waals surface area contributed by atoms with Crippen molar-refractivity contribution in [3.05, 3.63) is 35.2 Å². The largest absolute Gasteiger partial charge is 0.352 e. The number of urea groups is 1. The highest BCUT2D eigenvalue weighted by atomic mass is 16.2. The first-order chi connectivity index (χ1) is 14.4. The molecule has 2 aromatic heterocycles. The number of hydrogen-bond donors (Lipinski definition) is 0. The lowest BCUT2D eigenvalue weighted by Crippen LogP contribution is -2.57. The zero-order valence-corrected chi connectivity index (χ0v) is 18.3. The van der Waals surface area contributed by atoms with Crippen molar-refractivity contribution in [2.24, 2.45) is 0 Å². The van der Waals surface area contributed by atoms with Gasteiger partial charge in [0.25, 0.3) is 0 Å². The second kappa shape index (κ2) is 8.41. The lowest BCUT2D eigenvalue weighted by Gasteiger charge is -2.41. The molecule has 160 valence electrons. The summed E-state index contributed by atoms with van der Waals surface area (Å²) in [4.78, 5) is 39.5. The fourth-order valence-corrected chi connectivity index (χ4v) is 4.22. The van der Waals surface area contributed by atoms with Crippen molar-refractivity contribution in [1.29, 1.82) is 0 Å². The van der Waals surface area contributed by atoms with Gasteiger partial charge >= 0.3 is 6.03 Å². The minimum atomic E-state index is 0.132. The van der Waals surface area contributed by atoms with Crippen molar-refractivity contribution in [3.63, 3.8) is 0 Å². The van der Waals surface area contributed by atoms with Crippen molar-refractivity contribution < 1.29 is 4.79 Å². The predicted octanol–water partition coefficient (Wildman–Crippen LogP) is 1.56. The lowest BCUT2D eigenvalue weighted by molar-refractivity contribution is 0.147. The third-order valence-corrected chi connectivity index (χ3v) is 5.78. The van der Waals surface area contributed by atoms with E-state index in [1.165, 1.54) is 0 Å². The number of aryl methyl sites for hydroxylation is 4. The Hall–Kier alpha value is -2.97. The standard InChI is InChI=1S/C21H30N8O/c1-15-13-22-19(17(3)24-15)26-5-9-28(10-6-26)21(30)29-11-7-27(8-12-29)20-18(4)25-16(2)14-23-20/h13-14H,5-12H2,1-4H3. The molecule has 0 saturated carbocycles. The Balaban J connectivity index is 1.31. The second-order valence-corrected chi connectivity index (χ2v) is 8.07. The molecule has 2 aliphatic heterocycles. The van der Waals surface area contributed by atoms with Crippen LogP contribution in [0.25, 0.3) is 0 Å². The average Bonchev–Trinajstić information content (AvgIpc) is 2.74. The van der Waals surface area contributed by atoms with Crippen LogP contribution in [0.2, 0.25) is 0 Å². The normalized spacial score (nSPS) is 17.5. The summed E-state index contributed by atoms with van der Waals surface area (Å²) in [6.45, 7) is 13.8. The molecule has 0 N–H and O–H groups in total. The minimum Gasteiger partial charge on any atom is -0.352 e. The zero-order valence-electron chi connectivity index (χ0n) is 18.3. The molecule has 0 bridgehead atoms. The summed E-state index contributed by atoms with van der Waals surface area (Å²) in [5.41, 5.74) is 3.74. The molecule has 0 atom stereocenters. The van der Waals surface area contributed by atoms with Crippen LogP contribution in [0.4, 0.5) is 16.4 Å². The third kappa shape index (κ3) is 4.15. The van der Waals surface area contributed by atoms with Gasteiger partial charge < -0.3 is 19.6 Å². The van der Waals surface area contributed by atoms with Crippen molar-refractivity contribution in [3.8, 4) is 0 Å². The van der Waals surface area contributed by atoms with Gasteiger partial charge in [-0.3, -0.25) is 9.97 Å². The third-order valence-electron chi connectivity index (χ3n) is 5.78. The highest BCUT2D eigenvalue weighted by Gasteiger charge is 2.29. The van der Waals surface area contributed by atoms with E-state index in [0.717, 1.165) is 60.6 Å². The van der Waals surface area contributed by atoms with Gasteiger partial charge in [0.15, 0.2) is 0 Å². The van der Waals surface area contributed by atoms with Gasteiger partial charge in [0.05, 0.1) is 35.2 Å². The molecule has 2 aliphatic rings. The van der Waals surface area contributed by atoms with Gasteiger partial charge in [0, 0.05) is 52.4 Å². The van der Waals surface area contributed by atoms with E-state index >= 15 is 0 Å². The Morgan fingerprint density at radius 2 is 1.03 bits per heavy atom.